The van der Waals surface area contributed by atoms with Crippen molar-refractivity contribution in [3.05, 3.63) is 47.5 Å². The zero-order valence-electron chi connectivity index (χ0n) is 24.7. The van der Waals surface area contributed by atoms with E-state index >= 15 is 0 Å². The van der Waals surface area contributed by atoms with Gasteiger partial charge in [0.2, 0.25) is 0 Å². The summed E-state index contributed by atoms with van der Waals surface area (Å²) in [6.07, 6.45) is 6.19. The Bertz CT molecular complexity index is 1300. The van der Waals surface area contributed by atoms with Crippen LogP contribution in [0.1, 0.15) is 61.3 Å². The second-order valence-electron chi connectivity index (χ2n) is 11.5. The van der Waals surface area contributed by atoms with Gasteiger partial charge in [0.1, 0.15) is 17.7 Å². The smallest absolute Gasteiger partial charge is 0.280 e. The number of amides is 1. The summed E-state index contributed by atoms with van der Waals surface area (Å²) in [5.41, 5.74) is 9.04. The highest BCUT2D eigenvalue weighted by Crippen LogP contribution is 2.32. The van der Waals surface area contributed by atoms with Gasteiger partial charge in [0.15, 0.2) is 0 Å². The lowest BCUT2D eigenvalue weighted by molar-refractivity contribution is -0.125. The van der Waals surface area contributed by atoms with Crippen LogP contribution < -0.4 is 15.6 Å². The molecular formula is C29H41N9O3. The van der Waals surface area contributed by atoms with Gasteiger partial charge >= 0.3 is 0 Å². The zero-order chi connectivity index (χ0) is 29.6. The molecule has 4 rings (SSSR count). The molecule has 41 heavy (non-hydrogen) atoms. The minimum Gasteiger partial charge on any atom is -0.387 e. The number of amidine groups is 1. The molecule has 2 N–H and O–H groups in total. The van der Waals surface area contributed by atoms with Crippen LogP contribution in [0.3, 0.4) is 0 Å². The fourth-order valence-corrected chi connectivity index (χ4v) is 4.72. The van der Waals surface area contributed by atoms with Gasteiger partial charge in [0, 0.05) is 56.7 Å². The normalized spacial score (nSPS) is 18.6. The summed E-state index contributed by atoms with van der Waals surface area (Å²) in [6, 6.07) is 3.63. The van der Waals surface area contributed by atoms with E-state index in [1.165, 1.54) is 6.20 Å². The van der Waals surface area contributed by atoms with E-state index in [4.69, 9.17) is 10.5 Å². The van der Waals surface area contributed by atoms with E-state index in [0.29, 0.717) is 17.9 Å². The third-order valence-electron chi connectivity index (χ3n) is 7.35. The Morgan fingerprint density at radius 1 is 1.12 bits per heavy atom. The number of carbonyl (C=O) groups is 2. The van der Waals surface area contributed by atoms with E-state index in [1.54, 1.807) is 39.0 Å². The first-order valence-corrected chi connectivity index (χ1v) is 14.0. The number of rotatable bonds is 9. The number of carbonyl (C=O) groups excluding carboxylic acids is 2. The first-order valence-electron chi connectivity index (χ1n) is 14.0. The van der Waals surface area contributed by atoms with Gasteiger partial charge in [-0.15, -0.1) is 0 Å². The summed E-state index contributed by atoms with van der Waals surface area (Å²) in [7, 11) is 1.74. The average molecular weight is 564 g/mol. The predicted molar refractivity (Wildman–Crippen MR) is 158 cm³/mol. The van der Waals surface area contributed by atoms with E-state index in [0.717, 1.165) is 57.0 Å². The molecule has 1 atom stereocenters. The van der Waals surface area contributed by atoms with E-state index in [1.807, 2.05) is 19.3 Å². The molecule has 2 aromatic heterocycles. The first kappa shape index (κ1) is 30.2. The highest BCUT2D eigenvalue weighted by Gasteiger charge is 2.26. The van der Waals surface area contributed by atoms with Crippen LogP contribution in [-0.4, -0.2) is 85.4 Å². The Balaban J connectivity index is 1.42. The molecule has 1 saturated heterocycles. The Labute approximate surface area is 241 Å². The molecule has 0 saturated carbocycles. The van der Waals surface area contributed by atoms with E-state index in [-0.39, 0.29) is 29.6 Å². The standard InChI is InChI=1S/C29H41N9O3/c1-20-25(14-22(17-32-20)28(40)33-27(30)15-26(39)29(2,3)4)38-19-24(34-35-38)21-13-23(18-31-16-21)37-8-6-7-36(9-10-37)11-12-41-5/h13-14,16-18,24H,6-12,15,19H2,1-5H3,(H2,30,33,40). The molecule has 12 heteroatoms. The second kappa shape index (κ2) is 13.3. The molecule has 2 aliphatic rings. The molecule has 1 fully saturated rings. The maximum Gasteiger partial charge on any atom is 0.280 e. The number of hydrogen-bond donors (Lipinski definition) is 1. The molecule has 0 radical (unpaired) electrons. The van der Waals surface area contributed by atoms with Crippen LogP contribution in [0, 0.1) is 12.3 Å². The number of anilines is 2. The molecule has 12 nitrogen and oxygen atoms in total. The van der Waals surface area contributed by atoms with Gasteiger partial charge in [-0.1, -0.05) is 26.0 Å². The summed E-state index contributed by atoms with van der Waals surface area (Å²) in [6.45, 7) is 13.4. The van der Waals surface area contributed by atoms with Gasteiger partial charge in [0.05, 0.1) is 48.4 Å². The quantitative estimate of drug-likeness (QED) is 0.359. The number of ketones is 1. The van der Waals surface area contributed by atoms with Crippen molar-refractivity contribution in [2.24, 2.45) is 26.5 Å². The molecule has 0 aromatic carbocycles. The molecule has 2 aliphatic heterocycles. The Kier molecular flexibility index (Phi) is 9.77. The maximum atomic E-state index is 12.8. The van der Waals surface area contributed by atoms with Crippen molar-refractivity contribution in [3.8, 4) is 0 Å². The van der Waals surface area contributed by atoms with Crippen molar-refractivity contribution in [2.45, 2.75) is 46.6 Å². The van der Waals surface area contributed by atoms with Crippen molar-refractivity contribution in [3.63, 3.8) is 0 Å². The number of pyridine rings is 2. The lowest BCUT2D eigenvalue weighted by Gasteiger charge is -2.24. The van der Waals surface area contributed by atoms with E-state index in [9.17, 15) is 9.59 Å². The summed E-state index contributed by atoms with van der Waals surface area (Å²) < 4.78 is 5.24. The number of nitrogens with two attached hydrogens (primary N) is 1. The number of nitrogens with zero attached hydrogens (tertiary/aromatic N) is 8. The molecule has 4 heterocycles. The highest BCUT2D eigenvalue weighted by atomic mass is 16.5. The Morgan fingerprint density at radius 3 is 2.68 bits per heavy atom. The van der Waals surface area contributed by atoms with Crippen LogP contribution >= 0.6 is 0 Å². The number of methoxy groups -OCH3 is 1. The fraction of sp³-hybridized carbons (Fsp3) is 0.552. The van der Waals surface area contributed by atoms with Crippen LogP contribution in [0.2, 0.25) is 0 Å². The lowest BCUT2D eigenvalue weighted by atomic mass is 9.89. The summed E-state index contributed by atoms with van der Waals surface area (Å²) in [5, 5.41) is 10.6. The van der Waals surface area contributed by atoms with Gasteiger partial charge < -0.3 is 15.4 Å². The number of aromatic nitrogens is 2. The van der Waals surface area contributed by atoms with E-state index in [2.05, 4.69) is 41.2 Å². The third kappa shape index (κ3) is 7.92. The van der Waals surface area contributed by atoms with Crippen molar-refractivity contribution in [1.29, 1.82) is 0 Å². The van der Waals surface area contributed by atoms with Crippen LogP contribution in [-0.2, 0) is 9.53 Å². The second-order valence-corrected chi connectivity index (χ2v) is 11.5. The minimum atomic E-state index is -0.563. The molecule has 0 bridgehead atoms. The van der Waals surface area contributed by atoms with Crippen LogP contribution in [0.25, 0.3) is 0 Å². The fourth-order valence-electron chi connectivity index (χ4n) is 4.72. The van der Waals surface area contributed by atoms with Gasteiger partial charge in [-0.3, -0.25) is 24.5 Å². The number of aryl methyl sites for hydroxylation is 1. The Hall–Kier alpha value is -3.77. The molecule has 220 valence electrons. The first-order chi connectivity index (χ1) is 19.5. The summed E-state index contributed by atoms with van der Waals surface area (Å²) in [5.74, 6) is -0.658. The van der Waals surface area contributed by atoms with Crippen LogP contribution in [0.4, 0.5) is 11.4 Å². The molecule has 2 aromatic rings. The summed E-state index contributed by atoms with van der Waals surface area (Å²) >= 11 is 0. The van der Waals surface area contributed by atoms with E-state index < -0.39 is 11.3 Å². The maximum absolute atomic E-state index is 12.8. The SMILES string of the molecule is COCCN1CCCN(c2cncc(C3CN(c4cc(C(=O)N=C(N)CC(=O)C(C)(C)C)cnc4C)N=N3)c2)CC1. The van der Waals surface area contributed by atoms with Crippen LogP contribution in [0.5, 0.6) is 0 Å². The molecule has 0 spiro atoms. The molecule has 0 aliphatic carbocycles. The van der Waals surface area contributed by atoms with Crippen molar-refractivity contribution in [2.75, 3.05) is 62.9 Å². The largest absolute Gasteiger partial charge is 0.387 e. The number of ether oxygens (including phenoxy) is 1. The van der Waals surface area contributed by atoms with Gasteiger partial charge in [-0.2, -0.15) is 10.1 Å². The van der Waals surface area contributed by atoms with Gasteiger partial charge in [-0.25, -0.2) is 5.01 Å². The average Bonchev–Trinajstić information content (AvgIpc) is 3.30. The molecular weight excluding hydrogens is 522 g/mol. The van der Waals surface area contributed by atoms with Crippen molar-refractivity contribution < 1.29 is 14.3 Å². The van der Waals surface area contributed by atoms with Crippen molar-refractivity contribution in [1.82, 2.24) is 14.9 Å². The van der Waals surface area contributed by atoms with Gasteiger partial charge in [0.25, 0.3) is 5.91 Å². The number of hydrogen-bond acceptors (Lipinski definition) is 10. The minimum absolute atomic E-state index is 0.0163. The predicted octanol–water partition coefficient (Wildman–Crippen LogP) is 3.37. The lowest BCUT2D eigenvalue weighted by Crippen LogP contribution is -2.32. The monoisotopic (exact) mass is 563 g/mol. The van der Waals surface area contributed by atoms with Crippen molar-refractivity contribution >= 4 is 28.9 Å². The number of aliphatic imine (C=N–C) groups is 1. The number of Topliss-reactive ketones (excluding diaryl/α,β-unsaturated/α-hetero) is 1. The molecule has 1 unspecified atom stereocenters. The third-order valence-corrected chi connectivity index (χ3v) is 7.35. The topological polar surface area (TPSA) is 142 Å². The Morgan fingerprint density at radius 2 is 1.93 bits per heavy atom. The zero-order valence-corrected chi connectivity index (χ0v) is 24.7. The van der Waals surface area contributed by atoms with Gasteiger partial charge in [-0.05, 0) is 32.0 Å². The summed E-state index contributed by atoms with van der Waals surface area (Å²) in [4.78, 5) is 42.7. The van der Waals surface area contributed by atoms with Crippen LogP contribution in [0.15, 0.2) is 46.1 Å². The highest BCUT2D eigenvalue weighted by molar-refractivity contribution is 6.09. The molecule has 1 amide bonds.